The van der Waals surface area contributed by atoms with Crippen molar-refractivity contribution in [1.82, 2.24) is 5.43 Å². The number of benzene rings is 1. The molecule has 0 saturated heterocycles. The lowest BCUT2D eigenvalue weighted by molar-refractivity contribution is 0.279. The van der Waals surface area contributed by atoms with Crippen molar-refractivity contribution >= 4 is 17.5 Å². The zero-order chi connectivity index (χ0) is 9.10. The van der Waals surface area contributed by atoms with Gasteiger partial charge in [0, 0.05) is 10.6 Å². The molecule has 13 heavy (non-hydrogen) atoms. The normalized spacial score (nSPS) is 15.6. The third-order valence-electron chi connectivity index (χ3n) is 1.70. The van der Waals surface area contributed by atoms with Crippen LogP contribution in [-0.4, -0.2) is 19.0 Å². The SMILES string of the molecule is Clc1cccc(C2=NNCCO2)c1. The maximum atomic E-state index is 5.83. The van der Waals surface area contributed by atoms with Crippen LogP contribution in [0.15, 0.2) is 29.4 Å². The Morgan fingerprint density at radius 2 is 2.38 bits per heavy atom. The molecule has 1 heterocycles. The van der Waals surface area contributed by atoms with Crippen LogP contribution in [0.2, 0.25) is 5.02 Å². The molecule has 0 atom stereocenters. The summed E-state index contributed by atoms with van der Waals surface area (Å²) in [5.41, 5.74) is 3.78. The highest BCUT2D eigenvalue weighted by atomic mass is 35.5. The molecule has 68 valence electrons. The maximum Gasteiger partial charge on any atom is 0.238 e. The second-order valence-corrected chi connectivity index (χ2v) is 3.12. The zero-order valence-electron chi connectivity index (χ0n) is 6.96. The van der Waals surface area contributed by atoms with Gasteiger partial charge in [-0.25, -0.2) is 0 Å². The van der Waals surface area contributed by atoms with Crippen molar-refractivity contribution in [2.45, 2.75) is 0 Å². The molecule has 2 rings (SSSR count). The lowest BCUT2D eigenvalue weighted by Crippen LogP contribution is -2.26. The van der Waals surface area contributed by atoms with Crippen molar-refractivity contribution in [3.8, 4) is 0 Å². The van der Waals surface area contributed by atoms with Crippen LogP contribution in [0.5, 0.6) is 0 Å². The van der Waals surface area contributed by atoms with Crippen molar-refractivity contribution in [2.75, 3.05) is 13.2 Å². The zero-order valence-corrected chi connectivity index (χ0v) is 7.71. The second-order valence-electron chi connectivity index (χ2n) is 2.68. The molecule has 1 N–H and O–H groups in total. The molecular weight excluding hydrogens is 188 g/mol. The number of nitrogens with zero attached hydrogens (tertiary/aromatic N) is 1. The lowest BCUT2D eigenvalue weighted by Gasteiger charge is -2.14. The van der Waals surface area contributed by atoms with Crippen molar-refractivity contribution in [3.05, 3.63) is 34.9 Å². The smallest absolute Gasteiger partial charge is 0.238 e. The van der Waals surface area contributed by atoms with Gasteiger partial charge in [0.15, 0.2) is 0 Å². The van der Waals surface area contributed by atoms with Crippen LogP contribution in [-0.2, 0) is 4.74 Å². The highest BCUT2D eigenvalue weighted by Crippen LogP contribution is 2.12. The van der Waals surface area contributed by atoms with Gasteiger partial charge in [0.05, 0.1) is 6.54 Å². The van der Waals surface area contributed by atoms with Gasteiger partial charge in [-0.1, -0.05) is 17.7 Å². The summed E-state index contributed by atoms with van der Waals surface area (Å²) in [6, 6.07) is 7.44. The van der Waals surface area contributed by atoms with Gasteiger partial charge in [0.2, 0.25) is 5.90 Å². The van der Waals surface area contributed by atoms with Crippen molar-refractivity contribution in [2.24, 2.45) is 5.10 Å². The molecule has 0 saturated carbocycles. The largest absolute Gasteiger partial charge is 0.474 e. The molecule has 1 aromatic carbocycles. The van der Waals surface area contributed by atoms with Gasteiger partial charge in [-0.2, -0.15) is 0 Å². The summed E-state index contributed by atoms with van der Waals surface area (Å²) in [4.78, 5) is 0. The van der Waals surface area contributed by atoms with E-state index in [1.54, 1.807) is 0 Å². The number of rotatable bonds is 1. The van der Waals surface area contributed by atoms with Crippen LogP contribution >= 0.6 is 11.6 Å². The maximum absolute atomic E-state index is 5.83. The summed E-state index contributed by atoms with van der Waals surface area (Å²) < 4.78 is 5.35. The summed E-state index contributed by atoms with van der Waals surface area (Å²) in [6.07, 6.45) is 0. The number of hydrazone groups is 1. The number of halogens is 1. The van der Waals surface area contributed by atoms with E-state index in [-0.39, 0.29) is 0 Å². The van der Waals surface area contributed by atoms with Crippen molar-refractivity contribution < 1.29 is 4.74 Å². The van der Waals surface area contributed by atoms with Crippen LogP contribution in [0.4, 0.5) is 0 Å². The lowest BCUT2D eigenvalue weighted by atomic mass is 10.2. The Morgan fingerprint density at radius 3 is 3.08 bits per heavy atom. The minimum atomic E-state index is 0.605. The molecule has 0 bridgehead atoms. The number of hydrogen-bond donors (Lipinski definition) is 1. The molecule has 0 fully saturated rings. The number of nitrogens with one attached hydrogen (secondary N) is 1. The molecule has 0 aliphatic carbocycles. The molecule has 1 aromatic rings. The van der Waals surface area contributed by atoms with Crippen LogP contribution < -0.4 is 5.43 Å². The number of ether oxygens (including phenoxy) is 1. The van der Waals surface area contributed by atoms with Gasteiger partial charge in [-0.05, 0) is 18.2 Å². The van der Waals surface area contributed by atoms with Crippen LogP contribution in [0.1, 0.15) is 5.56 Å². The molecule has 3 nitrogen and oxygen atoms in total. The van der Waals surface area contributed by atoms with Crippen LogP contribution in [0.25, 0.3) is 0 Å². The van der Waals surface area contributed by atoms with E-state index in [0.29, 0.717) is 17.5 Å². The molecule has 0 spiro atoms. The van der Waals surface area contributed by atoms with Gasteiger partial charge in [0.1, 0.15) is 6.61 Å². The Morgan fingerprint density at radius 1 is 1.46 bits per heavy atom. The third-order valence-corrected chi connectivity index (χ3v) is 1.94. The van der Waals surface area contributed by atoms with E-state index in [1.165, 1.54) is 0 Å². The van der Waals surface area contributed by atoms with Gasteiger partial charge in [-0.15, -0.1) is 5.10 Å². The molecule has 0 aromatic heterocycles. The quantitative estimate of drug-likeness (QED) is 0.741. The van der Waals surface area contributed by atoms with E-state index in [4.69, 9.17) is 16.3 Å². The average Bonchev–Trinajstić information content (AvgIpc) is 2.19. The molecule has 0 radical (unpaired) electrons. The standard InChI is InChI=1S/C9H9ClN2O/c10-8-3-1-2-7(6-8)9-12-11-4-5-13-9/h1-3,6,11H,4-5H2. The van der Waals surface area contributed by atoms with E-state index >= 15 is 0 Å². The molecule has 0 unspecified atom stereocenters. The third kappa shape index (κ3) is 1.92. The van der Waals surface area contributed by atoms with Crippen molar-refractivity contribution in [1.29, 1.82) is 0 Å². The molecule has 4 heteroatoms. The minimum absolute atomic E-state index is 0.605. The first-order chi connectivity index (χ1) is 6.36. The van der Waals surface area contributed by atoms with E-state index in [0.717, 1.165) is 12.1 Å². The minimum Gasteiger partial charge on any atom is -0.474 e. The molecular formula is C9H9ClN2O. The fourth-order valence-electron chi connectivity index (χ4n) is 1.12. The van der Waals surface area contributed by atoms with Crippen molar-refractivity contribution in [3.63, 3.8) is 0 Å². The Bertz CT molecular complexity index is 338. The van der Waals surface area contributed by atoms with Crippen LogP contribution in [0, 0.1) is 0 Å². The first-order valence-corrected chi connectivity index (χ1v) is 4.43. The molecule has 0 amide bonds. The monoisotopic (exact) mass is 196 g/mol. The van der Waals surface area contributed by atoms with Gasteiger partial charge in [0.25, 0.3) is 0 Å². The summed E-state index contributed by atoms with van der Waals surface area (Å²) >= 11 is 5.83. The van der Waals surface area contributed by atoms with Gasteiger partial charge in [-0.3, -0.25) is 0 Å². The van der Waals surface area contributed by atoms with E-state index in [9.17, 15) is 0 Å². The second kappa shape index (κ2) is 3.66. The average molecular weight is 197 g/mol. The summed E-state index contributed by atoms with van der Waals surface area (Å²) in [7, 11) is 0. The Labute approximate surface area is 81.4 Å². The fraction of sp³-hybridized carbons (Fsp3) is 0.222. The molecule has 1 aliphatic heterocycles. The Balaban J connectivity index is 2.29. The Kier molecular flexibility index (Phi) is 2.36. The first-order valence-electron chi connectivity index (χ1n) is 4.05. The first kappa shape index (κ1) is 8.38. The highest BCUT2D eigenvalue weighted by Gasteiger charge is 2.08. The molecule has 1 aliphatic rings. The van der Waals surface area contributed by atoms with Gasteiger partial charge >= 0.3 is 0 Å². The van der Waals surface area contributed by atoms with E-state index in [1.807, 2.05) is 24.3 Å². The summed E-state index contributed by atoms with van der Waals surface area (Å²) in [5.74, 6) is 0.605. The fourth-order valence-corrected chi connectivity index (χ4v) is 1.31. The predicted octanol–water partition coefficient (Wildman–Crippen LogP) is 1.62. The van der Waals surface area contributed by atoms with Crippen LogP contribution in [0.3, 0.4) is 0 Å². The summed E-state index contributed by atoms with van der Waals surface area (Å²) in [5, 5.41) is 4.72. The van der Waals surface area contributed by atoms with E-state index < -0.39 is 0 Å². The number of hydrogen-bond acceptors (Lipinski definition) is 3. The van der Waals surface area contributed by atoms with Gasteiger partial charge < -0.3 is 10.2 Å². The van der Waals surface area contributed by atoms with E-state index in [2.05, 4.69) is 10.5 Å². The highest BCUT2D eigenvalue weighted by molar-refractivity contribution is 6.30. The Hall–Kier alpha value is -1.22. The summed E-state index contributed by atoms with van der Waals surface area (Å²) in [6.45, 7) is 1.40. The topological polar surface area (TPSA) is 33.6 Å². The predicted molar refractivity (Wildman–Crippen MR) is 51.9 cm³/mol.